The Hall–Kier alpha value is -3.42. The van der Waals surface area contributed by atoms with E-state index < -0.39 is 22.7 Å². The highest BCUT2D eigenvalue weighted by Gasteiger charge is 2.22. The van der Waals surface area contributed by atoms with Gasteiger partial charge < -0.3 is 5.32 Å². The second kappa shape index (κ2) is 9.80. The van der Waals surface area contributed by atoms with Crippen molar-refractivity contribution in [2.75, 3.05) is 0 Å². The van der Waals surface area contributed by atoms with Crippen LogP contribution in [0.2, 0.25) is 0 Å². The van der Waals surface area contributed by atoms with E-state index >= 15 is 0 Å². The van der Waals surface area contributed by atoms with Crippen LogP contribution in [0.15, 0.2) is 44.7 Å². The second-order valence-electron chi connectivity index (χ2n) is 7.90. The molecule has 0 fully saturated rings. The summed E-state index contributed by atoms with van der Waals surface area (Å²) in [6, 6.07) is 9.09. The maximum Gasteiger partial charge on any atom is 0.332 e. The molecule has 0 saturated carbocycles. The van der Waals surface area contributed by atoms with Crippen LogP contribution >= 0.6 is 0 Å². The number of hydrogen-bond acceptors (Lipinski definition) is 4. The smallest absolute Gasteiger partial charge is 0.332 e. The van der Waals surface area contributed by atoms with Crippen molar-refractivity contribution >= 4 is 16.9 Å². The third-order valence-electron chi connectivity index (χ3n) is 5.60. The van der Waals surface area contributed by atoms with Gasteiger partial charge in [0.15, 0.2) is 0 Å². The van der Waals surface area contributed by atoms with Gasteiger partial charge in [0, 0.05) is 32.7 Å². The number of amides is 1. The van der Waals surface area contributed by atoms with E-state index in [9.17, 15) is 19.2 Å². The average Bonchev–Trinajstić information content (AvgIpc) is 2.80. The molecule has 0 spiro atoms. The lowest BCUT2D eigenvalue weighted by molar-refractivity contribution is 0.0952. The van der Waals surface area contributed by atoms with Gasteiger partial charge in [-0.1, -0.05) is 45.0 Å². The lowest BCUT2D eigenvalue weighted by Crippen LogP contribution is -2.42. The van der Waals surface area contributed by atoms with Gasteiger partial charge in [-0.2, -0.15) is 0 Å². The van der Waals surface area contributed by atoms with Gasteiger partial charge in [-0.25, -0.2) is 4.79 Å². The van der Waals surface area contributed by atoms with Crippen LogP contribution in [0, 0.1) is 0 Å². The molecule has 1 N–H and O–H groups in total. The van der Waals surface area contributed by atoms with Crippen LogP contribution in [0.25, 0.3) is 11.0 Å². The summed E-state index contributed by atoms with van der Waals surface area (Å²) in [5.74, 6) is -0.519. The Morgan fingerprint density at radius 2 is 1.50 bits per heavy atom. The summed E-state index contributed by atoms with van der Waals surface area (Å²) in [6.07, 6.45) is 2.15. The van der Waals surface area contributed by atoms with Crippen LogP contribution in [0.1, 0.15) is 55.1 Å². The number of nitrogens with one attached hydrogen (secondary N) is 1. The third-order valence-corrected chi connectivity index (χ3v) is 5.60. The number of aryl methyl sites for hydroxylation is 3. The maximum atomic E-state index is 13.3. The van der Waals surface area contributed by atoms with E-state index in [0.717, 1.165) is 16.6 Å². The van der Waals surface area contributed by atoms with Crippen molar-refractivity contribution in [3.05, 3.63) is 78.2 Å². The number of aromatic nitrogens is 3. The number of rotatable bonds is 8. The summed E-state index contributed by atoms with van der Waals surface area (Å²) in [5, 5.41) is 2.90. The summed E-state index contributed by atoms with van der Waals surface area (Å²) in [5.41, 5.74) is 0.818. The molecule has 3 aromatic rings. The van der Waals surface area contributed by atoms with E-state index in [1.807, 2.05) is 38.1 Å². The molecule has 0 unspecified atom stereocenters. The normalized spacial score (nSPS) is 11.1. The molecule has 0 saturated heterocycles. The Labute approximate surface area is 186 Å². The van der Waals surface area contributed by atoms with E-state index in [1.54, 1.807) is 0 Å². The summed E-state index contributed by atoms with van der Waals surface area (Å²) < 4.78 is 3.82. The van der Waals surface area contributed by atoms with Crippen molar-refractivity contribution in [3.8, 4) is 0 Å². The van der Waals surface area contributed by atoms with Crippen LogP contribution in [-0.2, 0) is 33.1 Å². The lowest BCUT2D eigenvalue weighted by atomic mass is 10.1. The first-order valence-corrected chi connectivity index (χ1v) is 11.1. The van der Waals surface area contributed by atoms with Crippen LogP contribution in [0.5, 0.6) is 0 Å². The van der Waals surface area contributed by atoms with Crippen LogP contribution in [0.4, 0.5) is 0 Å². The number of hydrogen-bond donors (Lipinski definition) is 1. The number of fused-ring (bicyclic) bond motifs is 1. The van der Waals surface area contributed by atoms with Crippen molar-refractivity contribution in [2.24, 2.45) is 7.05 Å². The molecule has 8 heteroatoms. The van der Waals surface area contributed by atoms with Crippen molar-refractivity contribution in [1.82, 2.24) is 19.0 Å². The molecule has 0 aliphatic rings. The molecule has 1 amide bonds. The van der Waals surface area contributed by atoms with E-state index in [1.165, 1.54) is 27.8 Å². The van der Waals surface area contributed by atoms with Crippen molar-refractivity contribution in [3.63, 3.8) is 0 Å². The van der Waals surface area contributed by atoms with Crippen molar-refractivity contribution in [1.29, 1.82) is 0 Å². The fraction of sp³-hybridized carbons (Fsp3) is 0.417. The van der Waals surface area contributed by atoms with E-state index in [2.05, 4.69) is 12.2 Å². The number of benzene rings is 1. The largest absolute Gasteiger partial charge is 0.348 e. The fourth-order valence-corrected chi connectivity index (χ4v) is 3.90. The van der Waals surface area contributed by atoms with Crippen molar-refractivity contribution < 1.29 is 4.79 Å². The minimum Gasteiger partial charge on any atom is -0.348 e. The van der Waals surface area contributed by atoms with Gasteiger partial charge in [0.05, 0.1) is 10.9 Å². The van der Waals surface area contributed by atoms with Gasteiger partial charge in [-0.3, -0.25) is 28.1 Å². The van der Waals surface area contributed by atoms with E-state index in [0.29, 0.717) is 19.4 Å². The summed E-state index contributed by atoms with van der Waals surface area (Å²) in [4.78, 5) is 52.0. The summed E-state index contributed by atoms with van der Waals surface area (Å²) >= 11 is 0. The third kappa shape index (κ3) is 4.30. The molecule has 3 rings (SSSR count). The maximum absolute atomic E-state index is 13.3. The molecule has 2 heterocycles. The molecular formula is C24H30N4O4. The van der Waals surface area contributed by atoms with Gasteiger partial charge in [0.25, 0.3) is 17.0 Å². The zero-order valence-electron chi connectivity index (χ0n) is 19.1. The first-order valence-electron chi connectivity index (χ1n) is 11.1. The highest BCUT2D eigenvalue weighted by atomic mass is 16.2. The van der Waals surface area contributed by atoms with Crippen LogP contribution in [-0.4, -0.2) is 19.6 Å². The first-order chi connectivity index (χ1) is 15.3. The molecule has 0 radical (unpaired) electrons. The molecule has 0 atom stereocenters. The lowest BCUT2D eigenvalue weighted by Gasteiger charge is -2.17. The zero-order chi connectivity index (χ0) is 23.4. The molecule has 2 aromatic heterocycles. The van der Waals surface area contributed by atoms with Crippen LogP contribution in [0.3, 0.4) is 0 Å². The Morgan fingerprint density at radius 1 is 0.906 bits per heavy atom. The molecule has 1 aromatic carbocycles. The summed E-state index contributed by atoms with van der Waals surface area (Å²) in [7, 11) is 1.53. The predicted molar refractivity (Wildman–Crippen MR) is 125 cm³/mol. The molecule has 0 bridgehead atoms. The van der Waals surface area contributed by atoms with Gasteiger partial charge in [-0.15, -0.1) is 0 Å². The number of pyridine rings is 1. The summed E-state index contributed by atoms with van der Waals surface area (Å²) in [6.45, 7) is 6.67. The molecule has 0 aliphatic heterocycles. The highest BCUT2D eigenvalue weighted by Crippen LogP contribution is 2.13. The van der Waals surface area contributed by atoms with Gasteiger partial charge in [0.2, 0.25) is 0 Å². The van der Waals surface area contributed by atoms with E-state index in [4.69, 9.17) is 0 Å². The molecule has 0 aliphatic carbocycles. The molecular weight excluding hydrogens is 408 g/mol. The van der Waals surface area contributed by atoms with Gasteiger partial charge >= 0.3 is 5.69 Å². The Morgan fingerprint density at radius 3 is 2.09 bits per heavy atom. The molecule has 8 nitrogen and oxygen atoms in total. The van der Waals surface area contributed by atoms with E-state index in [-0.39, 0.29) is 29.7 Å². The monoisotopic (exact) mass is 438 g/mol. The topological polar surface area (TPSA) is 95.1 Å². The standard InChI is InChI=1S/C24H30N4O4/c1-5-12-27-19(29)14-18(21(30)25-15-17-10-8-16(7-3)9-11-17)20-22(27)26(4)24(32)28(13-6-2)23(20)31/h8-11,14H,5-7,12-13,15H2,1-4H3,(H,25,30). The Balaban J connectivity index is 2.16. The molecule has 32 heavy (non-hydrogen) atoms. The average molecular weight is 439 g/mol. The highest BCUT2D eigenvalue weighted by molar-refractivity contribution is 6.05. The van der Waals surface area contributed by atoms with Gasteiger partial charge in [-0.05, 0) is 30.4 Å². The fourth-order valence-electron chi connectivity index (χ4n) is 3.90. The minimum atomic E-state index is -0.549. The van der Waals surface area contributed by atoms with Gasteiger partial charge in [0.1, 0.15) is 5.65 Å². The predicted octanol–water partition coefficient (Wildman–Crippen LogP) is 2.17. The molecule has 170 valence electrons. The number of nitrogens with zero attached hydrogens (tertiary/aromatic N) is 3. The quantitative estimate of drug-likeness (QED) is 0.583. The van der Waals surface area contributed by atoms with Crippen LogP contribution < -0.4 is 22.1 Å². The number of carbonyl (C=O) groups is 1. The Bertz CT molecular complexity index is 1310. The number of carbonyl (C=O) groups excluding carboxylic acids is 1. The SMILES string of the molecule is CCCn1c(=O)c2c(C(=O)NCc3ccc(CC)cc3)cc(=O)n(CCC)c2n(C)c1=O. The first kappa shape index (κ1) is 23.2. The minimum absolute atomic E-state index is 0.00650. The Kier molecular flexibility index (Phi) is 7.12. The zero-order valence-corrected chi connectivity index (χ0v) is 19.1. The van der Waals surface area contributed by atoms with Crippen molar-refractivity contribution in [2.45, 2.75) is 59.7 Å². The second-order valence-corrected chi connectivity index (χ2v) is 7.90.